The zero-order chi connectivity index (χ0) is 18.7. The Kier molecular flexibility index (Phi) is 5.36. The standard InChI is InChI=1S/C17H20N6O2S/c1-10(2)8-18-14(24)11(3)26-17-21-13-7-5-4-6-12(13)15(25)23(17)16-19-9-20-22-16/h4-7,9-11H,8H2,1-3H3,(H,18,24)(H,19,20,22)/t11-/m1/s1. The van der Waals surface area contributed by atoms with Gasteiger partial charge in [0, 0.05) is 6.54 Å². The SMILES string of the molecule is CC(C)CNC(=O)[C@@H](C)Sc1nc2ccccc2c(=O)n1-c1ncn[nH]1. The normalized spacial score (nSPS) is 12.5. The molecule has 136 valence electrons. The van der Waals surface area contributed by atoms with Gasteiger partial charge in [0.2, 0.25) is 11.9 Å². The Morgan fingerprint density at radius 1 is 1.31 bits per heavy atom. The van der Waals surface area contributed by atoms with Gasteiger partial charge in [-0.1, -0.05) is 37.7 Å². The third-order valence-corrected chi connectivity index (χ3v) is 4.75. The second-order valence-corrected chi connectivity index (χ2v) is 7.57. The molecule has 2 aromatic heterocycles. The van der Waals surface area contributed by atoms with Crippen molar-refractivity contribution >= 4 is 28.6 Å². The van der Waals surface area contributed by atoms with Crippen molar-refractivity contribution < 1.29 is 4.79 Å². The minimum atomic E-state index is -0.420. The highest BCUT2D eigenvalue weighted by molar-refractivity contribution is 8.00. The van der Waals surface area contributed by atoms with E-state index in [0.29, 0.717) is 28.5 Å². The van der Waals surface area contributed by atoms with Crippen LogP contribution in [0.3, 0.4) is 0 Å². The predicted molar refractivity (Wildman–Crippen MR) is 100 cm³/mol. The number of benzene rings is 1. The number of amides is 1. The lowest BCUT2D eigenvalue weighted by Crippen LogP contribution is -2.34. The largest absolute Gasteiger partial charge is 0.355 e. The Bertz CT molecular complexity index is 967. The first-order chi connectivity index (χ1) is 12.5. The third kappa shape index (κ3) is 3.77. The van der Waals surface area contributed by atoms with Gasteiger partial charge in [-0.05, 0) is 25.0 Å². The van der Waals surface area contributed by atoms with Gasteiger partial charge in [-0.3, -0.25) is 9.59 Å². The molecule has 0 fully saturated rings. The molecule has 0 saturated heterocycles. The number of para-hydroxylation sites is 1. The molecular weight excluding hydrogens is 352 g/mol. The molecule has 2 N–H and O–H groups in total. The Morgan fingerprint density at radius 2 is 2.08 bits per heavy atom. The molecule has 0 aliphatic rings. The van der Waals surface area contributed by atoms with E-state index in [1.54, 1.807) is 25.1 Å². The molecule has 3 aromatic rings. The molecule has 1 aromatic carbocycles. The van der Waals surface area contributed by atoms with Crippen molar-refractivity contribution in [3.63, 3.8) is 0 Å². The summed E-state index contributed by atoms with van der Waals surface area (Å²) in [6.45, 7) is 6.45. The number of hydrogen-bond donors (Lipinski definition) is 2. The van der Waals surface area contributed by atoms with Crippen LogP contribution >= 0.6 is 11.8 Å². The van der Waals surface area contributed by atoms with Crippen LogP contribution in [0.1, 0.15) is 20.8 Å². The average molecular weight is 372 g/mol. The van der Waals surface area contributed by atoms with Crippen molar-refractivity contribution in [3.05, 3.63) is 40.9 Å². The zero-order valence-corrected chi connectivity index (χ0v) is 15.6. The quantitative estimate of drug-likeness (QED) is 0.504. The summed E-state index contributed by atoms with van der Waals surface area (Å²) in [6, 6.07) is 7.09. The first-order valence-electron chi connectivity index (χ1n) is 8.29. The van der Waals surface area contributed by atoms with E-state index < -0.39 is 5.25 Å². The maximum atomic E-state index is 12.9. The van der Waals surface area contributed by atoms with Crippen LogP contribution in [-0.4, -0.2) is 42.4 Å². The fourth-order valence-corrected chi connectivity index (χ4v) is 3.28. The molecule has 2 heterocycles. The summed E-state index contributed by atoms with van der Waals surface area (Å²) < 4.78 is 1.35. The highest BCUT2D eigenvalue weighted by atomic mass is 32.2. The molecule has 0 spiro atoms. The summed E-state index contributed by atoms with van der Waals surface area (Å²) >= 11 is 1.21. The Balaban J connectivity index is 2.00. The molecule has 0 radical (unpaired) electrons. The maximum absolute atomic E-state index is 12.9. The number of nitrogens with zero attached hydrogens (tertiary/aromatic N) is 4. The van der Waals surface area contributed by atoms with Crippen LogP contribution < -0.4 is 10.9 Å². The van der Waals surface area contributed by atoms with E-state index in [-0.39, 0.29) is 17.4 Å². The van der Waals surface area contributed by atoms with Crippen molar-refractivity contribution in [3.8, 4) is 5.95 Å². The monoisotopic (exact) mass is 372 g/mol. The van der Waals surface area contributed by atoms with E-state index in [1.807, 2.05) is 19.9 Å². The van der Waals surface area contributed by atoms with Crippen LogP contribution in [0.25, 0.3) is 16.9 Å². The topological polar surface area (TPSA) is 106 Å². The summed E-state index contributed by atoms with van der Waals surface area (Å²) in [7, 11) is 0. The lowest BCUT2D eigenvalue weighted by Gasteiger charge is -2.15. The molecule has 0 saturated carbocycles. The average Bonchev–Trinajstić information content (AvgIpc) is 3.14. The van der Waals surface area contributed by atoms with Crippen LogP contribution in [0, 0.1) is 5.92 Å². The minimum Gasteiger partial charge on any atom is -0.355 e. The highest BCUT2D eigenvalue weighted by Gasteiger charge is 2.21. The van der Waals surface area contributed by atoms with Crippen molar-refractivity contribution in [2.45, 2.75) is 31.2 Å². The van der Waals surface area contributed by atoms with Crippen molar-refractivity contribution in [2.75, 3.05) is 6.54 Å². The van der Waals surface area contributed by atoms with E-state index >= 15 is 0 Å². The number of carbonyl (C=O) groups is 1. The van der Waals surface area contributed by atoms with Gasteiger partial charge in [0.15, 0.2) is 5.16 Å². The van der Waals surface area contributed by atoms with Gasteiger partial charge in [0.05, 0.1) is 16.2 Å². The maximum Gasteiger partial charge on any atom is 0.269 e. The summed E-state index contributed by atoms with van der Waals surface area (Å²) in [6.07, 6.45) is 1.32. The predicted octanol–water partition coefficient (Wildman–Crippen LogP) is 1.76. The molecule has 0 bridgehead atoms. The van der Waals surface area contributed by atoms with E-state index in [0.717, 1.165) is 0 Å². The van der Waals surface area contributed by atoms with Gasteiger partial charge < -0.3 is 5.32 Å². The molecule has 9 heteroatoms. The van der Waals surface area contributed by atoms with Gasteiger partial charge in [0.25, 0.3) is 5.56 Å². The number of aromatic amines is 1. The van der Waals surface area contributed by atoms with Gasteiger partial charge in [-0.2, -0.15) is 10.1 Å². The van der Waals surface area contributed by atoms with Crippen LogP contribution in [0.2, 0.25) is 0 Å². The van der Waals surface area contributed by atoms with E-state index in [4.69, 9.17) is 0 Å². The lowest BCUT2D eigenvalue weighted by atomic mass is 10.2. The molecule has 0 unspecified atom stereocenters. The van der Waals surface area contributed by atoms with Crippen LogP contribution in [0.5, 0.6) is 0 Å². The molecule has 0 aliphatic heterocycles. The number of fused-ring (bicyclic) bond motifs is 1. The number of nitrogens with one attached hydrogen (secondary N) is 2. The van der Waals surface area contributed by atoms with E-state index in [1.165, 1.54) is 22.7 Å². The Labute approximate surface area is 154 Å². The molecule has 26 heavy (non-hydrogen) atoms. The number of H-pyrrole nitrogens is 1. The van der Waals surface area contributed by atoms with Gasteiger partial charge in [-0.15, -0.1) is 0 Å². The van der Waals surface area contributed by atoms with Crippen LogP contribution in [0.15, 0.2) is 40.5 Å². The van der Waals surface area contributed by atoms with Crippen LogP contribution in [-0.2, 0) is 4.79 Å². The fourth-order valence-electron chi connectivity index (χ4n) is 2.35. The molecule has 1 atom stereocenters. The molecule has 0 aliphatic carbocycles. The van der Waals surface area contributed by atoms with E-state index in [9.17, 15) is 9.59 Å². The number of thioether (sulfide) groups is 1. The molecular formula is C17H20N6O2S. The summed E-state index contributed by atoms with van der Waals surface area (Å²) in [5, 5.41) is 9.84. The van der Waals surface area contributed by atoms with E-state index in [2.05, 4.69) is 25.5 Å². The van der Waals surface area contributed by atoms with Crippen molar-refractivity contribution in [1.82, 2.24) is 30.0 Å². The number of aromatic nitrogens is 5. The number of rotatable bonds is 6. The van der Waals surface area contributed by atoms with Crippen LogP contribution in [0.4, 0.5) is 0 Å². The second kappa shape index (κ2) is 7.69. The van der Waals surface area contributed by atoms with Crippen molar-refractivity contribution in [2.24, 2.45) is 5.92 Å². The first kappa shape index (κ1) is 18.1. The van der Waals surface area contributed by atoms with Gasteiger partial charge >= 0.3 is 0 Å². The second-order valence-electron chi connectivity index (χ2n) is 6.26. The number of carbonyl (C=O) groups excluding carboxylic acids is 1. The smallest absolute Gasteiger partial charge is 0.269 e. The van der Waals surface area contributed by atoms with Crippen molar-refractivity contribution in [1.29, 1.82) is 0 Å². The first-order valence-corrected chi connectivity index (χ1v) is 9.17. The molecule has 3 rings (SSSR count). The molecule has 1 amide bonds. The zero-order valence-electron chi connectivity index (χ0n) is 14.8. The van der Waals surface area contributed by atoms with Gasteiger partial charge in [-0.25, -0.2) is 14.6 Å². The van der Waals surface area contributed by atoms with Gasteiger partial charge in [0.1, 0.15) is 6.33 Å². The third-order valence-electron chi connectivity index (χ3n) is 3.69. The minimum absolute atomic E-state index is 0.102. The fraction of sp³-hybridized carbons (Fsp3) is 0.353. The Hall–Kier alpha value is -2.68. The number of hydrogen-bond acceptors (Lipinski definition) is 6. The highest BCUT2D eigenvalue weighted by Crippen LogP contribution is 2.24. The Morgan fingerprint density at radius 3 is 2.77 bits per heavy atom. The summed E-state index contributed by atoms with van der Waals surface area (Å²) in [5.41, 5.74) is 0.315. The summed E-state index contributed by atoms with van der Waals surface area (Å²) in [4.78, 5) is 33.9. The summed E-state index contributed by atoms with van der Waals surface area (Å²) in [5.74, 6) is 0.531. The lowest BCUT2D eigenvalue weighted by molar-refractivity contribution is -0.120. The molecule has 8 nitrogen and oxygen atoms in total.